The van der Waals surface area contributed by atoms with Gasteiger partial charge in [0.2, 0.25) is 0 Å². The second kappa shape index (κ2) is 10.9. The molecule has 186 valence electrons. The minimum atomic E-state index is -1.82. The third-order valence-electron chi connectivity index (χ3n) is 7.57. The van der Waals surface area contributed by atoms with Gasteiger partial charge in [-0.1, -0.05) is 93.6 Å². The van der Waals surface area contributed by atoms with Crippen molar-refractivity contribution in [2.75, 3.05) is 25.2 Å². The van der Waals surface area contributed by atoms with Gasteiger partial charge in [-0.25, -0.2) is 0 Å². The van der Waals surface area contributed by atoms with Crippen molar-refractivity contribution < 1.29 is 9.16 Å². The summed E-state index contributed by atoms with van der Waals surface area (Å²) in [6.07, 6.45) is 2.33. The molecule has 0 aliphatic carbocycles. The van der Waals surface area contributed by atoms with Crippen LogP contribution >= 0.6 is 7.92 Å². The van der Waals surface area contributed by atoms with E-state index in [1.54, 1.807) is 7.11 Å². The highest BCUT2D eigenvalue weighted by atomic mass is 31.1. The van der Waals surface area contributed by atoms with Crippen molar-refractivity contribution in [3.05, 3.63) is 78.9 Å². The molecular formula is C30H40NO2PSi. The van der Waals surface area contributed by atoms with E-state index in [4.69, 9.17) is 9.16 Å². The summed E-state index contributed by atoms with van der Waals surface area (Å²) >= 11 is 0. The second-order valence-electron chi connectivity index (χ2n) is 10.9. The average Bonchev–Trinajstić information content (AvgIpc) is 3.32. The molecule has 0 unspecified atom stereocenters. The first-order chi connectivity index (χ1) is 16.7. The smallest absolute Gasteiger partial charge is 0.192 e. The number of ether oxygens (including phenoxy) is 1. The Morgan fingerprint density at radius 1 is 0.886 bits per heavy atom. The molecule has 3 aromatic carbocycles. The van der Waals surface area contributed by atoms with Crippen molar-refractivity contribution in [3.63, 3.8) is 0 Å². The van der Waals surface area contributed by atoms with Crippen molar-refractivity contribution in [1.29, 1.82) is 0 Å². The molecule has 0 saturated carbocycles. The summed E-state index contributed by atoms with van der Waals surface area (Å²) in [4.78, 5) is 2.59. The van der Waals surface area contributed by atoms with E-state index in [1.165, 1.54) is 28.0 Å². The Hall–Kier alpha value is -2.13. The van der Waals surface area contributed by atoms with Crippen LogP contribution in [-0.2, 0) is 4.43 Å². The molecule has 0 bridgehead atoms. The molecule has 0 radical (unpaired) electrons. The Morgan fingerprint density at radius 2 is 1.49 bits per heavy atom. The van der Waals surface area contributed by atoms with Crippen LogP contribution in [0, 0.1) is 0 Å². The first-order valence-corrected chi connectivity index (χ1v) is 17.0. The first-order valence-electron chi connectivity index (χ1n) is 12.7. The largest absolute Gasteiger partial charge is 0.495 e. The van der Waals surface area contributed by atoms with E-state index >= 15 is 0 Å². The summed E-state index contributed by atoms with van der Waals surface area (Å²) in [7, 11) is -0.749. The van der Waals surface area contributed by atoms with E-state index in [0.29, 0.717) is 6.04 Å². The third kappa shape index (κ3) is 5.66. The number of para-hydroxylation sites is 1. The van der Waals surface area contributed by atoms with Crippen LogP contribution in [0.15, 0.2) is 78.9 Å². The van der Waals surface area contributed by atoms with Crippen LogP contribution in [0.25, 0.3) is 0 Å². The minimum Gasteiger partial charge on any atom is -0.495 e. The van der Waals surface area contributed by atoms with Crippen molar-refractivity contribution in [2.45, 2.75) is 57.8 Å². The van der Waals surface area contributed by atoms with E-state index in [2.05, 4.69) is 118 Å². The van der Waals surface area contributed by atoms with Crippen molar-refractivity contribution in [3.8, 4) is 5.75 Å². The normalized spacial score (nSPS) is 16.7. The topological polar surface area (TPSA) is 21.7 Å². The molecule has 1 saturated heterocycles. The van der Waals surface area contributed by atoms with Crippen LogP contribution in [0.3, 0.4) is 0 Å². The molecule has 0 amide bonds. The average molecular weight is 506 g/mol. The van der Waals surface area contributed by atoms with Gasteiger partial charge in [0, 0.05) is 11.8 Å². The zero-order valence-corrected chi connectivity index (χ0v) is 24.0. The maximum absolute atomic E-state index is 6.73. The SMILES string of the molecule is COc1cccc(P(c2ccccc2)c2ccccc2)c1N1CCC[C@H]1CO[Si](C)(C)C(C)(C)C. The Morgan fingerprint density at radius 3 is 2.03 bits per heavy atom. The molecule has 3 aromatic rings. The molecule has 4 rings (SSSR count). The fourth-order valence-electron chi connectivity index (χ4n) is 4.55. The van der Waals surface area contributed by atoms with Gasteiger partial charge in [-0.3, -0.25) is 0 Å². The summed E-state index contributed by atoms with van der Waals surface area (Å²) in [5, 5.41) is 4.28. The quantitative estimate of drug-likeness (QED) is 0.260. The summed E-state index contributed by atoms with van der Waals surface area (Å²) in [6, 6.07) is 28.8. The van der Waals surface area contributed by atoms with Gasteiger partial charge in [0.25, 0.3) is 0 Å². The van der Waals surface area contributed by atoms with Crippen LogP contribution in [0.2, 0.25) is 18.1 Å². The Bertz CT molecular complexity index is 1060. The fourth-order valence-corrected chi connectivity index (χ4v) is 8.07. The standard InChI is InChI=1S/C30H40NO2PSi/c1-30(2,3)35(5,6)33-23-24-15-14-22-31(24)29-27(32-4)20-13-21-28(29)34(25-16-9-7-10-17-25)26-18-11-8-12-19-26/h7-13,16-21,24H,14-15,22-23H2,1-6H3/t24-/m0/s1. The molecule has 5 heteroatoms. The molecule has 35 heavy (non-hydrogen) atoms. The molecule has 1 fully saturated rings. The number of anilines is 1. The molecule has 3 nitrogen and oxygen atoms in total. The zero-order chi connectivity index (χ0) is 25.1. The molecule has 1 aliphatic rings. The fraction of sp³-hybridized carbons (Fsp3) is 0.400. The number of methoxy groups -OCH3 is 1. The maximum Gasteiger partial charge on any atom is 0.192 e. The van der Waals surface area contributed by atoms with Crippen molar-refractivity contribution >= 4 is 37.8 Å². The van der Waals surface area contributed by atoms with Crippen LogP contribution in [0.1, 0.15) is 33.6 Å². The Labute approximate surface area is 214 Å². The molecule has 0 N–H and O–H groups in total. The first kappa shape index (κ1) is 25.9. The van der Waals surface area contributed by atoms with Gasteiger partial charge >= 0.3 is 0 Å². The number of benzene rings is 3. The third-order valence-corrected chi connectivity index (χ3v) is 14.5. The number of hydrogen-bond donors (Lipinski definition) is 0. The van der Waals surface area contributed by atoms with Crippen LogP contribution in [0.4, 0.5) is 5.69 Å². The van der Waals surface area contributed by atoms with Gasteiger partial charge < -0.3 is 14.1 Å². The van der Waals surface area contributed by atoms with Crippen molar-refractivity contribution in [2.24, 2.45) is 0 Å². The van der Waals surface area contributed by atoms with Crippen LogP contribution in [-0.4, -0.2) is 34.6 Å². The second-order valence-corrected chi connectivity index (χ2v) is 17.9. The number of nitrogens with zero attached hydrogens (tertiary/aromatic N) is 1. The predicted octanol–water partition coefficient (Wildman–Crippen LogP) is 6.44. The lowest BCUT2D eigenvalue weighted by atomic mass is 10.2. The predicted molar refractivity (Wildman–Crippen MR) is 155 cm³/mol. The molecule has 1 heterocycles. The molecule has 1 aliphatic heterocycles. The Balaban J connectivity index is 1.77. The number of rotatable bonds is 8. The van der Waals surface area contributed by atoms with E-state index in [0.717, 1.165) is 25.3 Å². The molecule has 1 atom stereocenters. The highest BCUT2D eigenvalue weighted by molar-refractivity contribution is 7.80. The summed E-state index contributed by atoms with van der Waals surface area (Å²) in [6.45, 7) is 13.5. The van der Waals surface area contributed by atoms with Gasteiger partial charge in [-0.15, -0.1) is 0 Å². The highest BCUT2D eigenvalue weighted by Crippen LogP contribution is 2.43. The van der Waals surface area contributed by atoms with Gasteiger partial charge in [0.05, 0.1) is 25.4 Å². The lowest BCUT2D eigenvalue weighted by Crippen LogP contribution is -2.45. The zero-order valence-electron chi connectivity index (χ0n) is 22.1. The van der Waals surface area contributed by atoms with Crippen LogP contribution < -0.4 is 25.6 Å². The Kier molecular flexibility index (Phi) is 8.05. The molecule has 0 aromatic heterocycles. The lowest BCUT2D eigenvalue weighted by molar-refractivity contribution is 0.263. The van der Waals surface area contributed by atoms with E-state index in [-0.39, 0.29) is 5.04 Å². The van der Waals surface area contributed by atoms with E-state index in [9.17, 15) is 0 Å². The van der Waals surface area contributed by atoms with Gasteiger partial charge in [0.15, 0.2) is 8.32 Å². The van der Waals surface area contributed by atoms with Gasteiger partial charge in [0.1, 0.15) is 5.75 Å². The molecular weight excluding hydrogens is 465 g/mol. The monoisotopic (exact) mass is 505 g/mol. The minimum absolute atomic E-state index is 0.209. The lowest BCUT2D eigenvalue weighted by Gasteiger charge is -2.39. The molecule has 0 spiro atoms. The summed E-state index contributed by atoms with van der Waals surface area (Å²) in [5.74, 6) is 0.959. The van der Waals surface area contributed by atoms with Gasteiger partial charge in [-0.05, 0) is 55.6 Å². The number of hydrogen-bond acceptors (Lipinski definition) is 3. The summed E-state index contributed by atoms with van der Waals surface area (Å²) < 4.78 is 12.7. The van der Waals surface area contributed by atoms with Gasteiger partial charge in [-0.2, -0.15) is 0 Å². The maximum atomic E-state index is 6.73. The van der Waals surface area contributed by atoms with Crippen molar-refractivity contribution in [1.82, 2.24) is 0 Å². The highest BCUT2D eigenvalue weighted by Gasteiger charge is 2.39. The van der Waals surface area contributed by atoms with Crippen LogP contribution in [0.5, 0.6) is 5.75 Å². The van der Waals surface area contributed by atoms with E-state index in [1.807, 2.05) is 0 Å². The van der Waals surface area contributed by atoms with E-state index < -0.39 is 16.2 Å². The summed E-state index contributed by atoms with van der Waals surface area (Å²) in [5.41, 5.74) is 1.25.